The molecule has 17 heteroatoms. The van der Waals surface area contributed by atoms with Crippen LogP contribution in [0.25, 0.3) is 10.9 Å². The lowest BCUT2D eigenvalue weighted by molar-refractivity contribution is -0.148. The molecule has 0 saturated heterocycles. The van der Waals surface area contributed by atoms with Crippen LogP contribution in [0.4, 0.5) is 0 Å². The minimum Gasteiger partial charge on any atom is -0.481 e. The first kappa shape index (κ1) is 43.9. The fraction of sp³-hybridized carbons (Fsp3) is 0.579. The highest BCUT2D eigenvalue weighted by Crippen LogP contribution is 2.28. The molecule has 2 aromatic rings. The molecule has 5 atom stereocenters. The summed E-state index contributed by atoms with van der Waals surface area (Å²) < 4.78 is 0. The zero-order valence-corrected chi connectivity index (χ0v) is 31.9. The van der Waals surface area contributed by atoms with E-state index in [1.54, 1.807) is 26.1 Å². The molecule has 0 aliphatic heterocycles. The predicted molar refractivity (Wildman–Crippen MR) is 201 cm³/mol. The van der Waals surface area contributed by atoms with E-state index in [4.69, 9.17) is 5.73 Å². The third kappa shape index (κ3) is 13.7. The smallest absolute Gasteiger partial charge is 0.326 e. The van der Waals surface area contributed by atoms with Gasteiger partial charge in [0.05, 0.1) is 6.42 Å². The number of carbonyl (C=O) groups is 8. The van der Waals surface area contributed by atoms with Crippen LogP contribution in [0.2, 0.25) is 0 Å². The first-order chi connectivity index (χ1) is 26.0. The summed E-state index contributed by atoms with van der Waals surface area (Å²) in [5.74, 6) is -7.43. The Labute approximate surface area is 319 Å². The van der Waals surface area contributed by atoms with E-state index in [1.807, 2.05) is 18.2 Å². The minimum absolute atomic E-state index is 0.0245. The summed E-state index contributed by atoms with van der Waals surface area (Å²) in [5, 5.41) is 30.8. The van der Waals surface area contributed by atoms with E-state index in [2.05, 4.69) is 26.3 Å². The van der Waals surface area contributed by atoms with E-state index in [0.29, 0.717) is 5.56 Å². The summed E-state index contributed by atoms with van der Waals surface area (Å²) in [7, 11) is 1.28. The maximum Gasteiger partial charge on any atom is 0.326 e. The average molecular weight is 770 g/mol. The Morgan fingerprint density at radius 2 is 1.47 bits per heavy atom. The normalized spacial score (nSPS) is 15.9. The number of hydrogen-bond acceptors (Lipinski definition) is 8. The third-order valence-electron chi connectivity index (χ3n) is 9.82. The molecule has 1 unspecified atom stereocenters. The molecule has 1 heterocycles. The molecular weight excluding hydrogens is 714 g/mol. The number of aromatic amines is 1. The van der Waals surface area contributed by atoms with Crippen molar-refractivity contribution in [1.29, 1.82) is 0 Å². The number of carboxylic acids is 2. The molecule has 1 fully saturated rings. The summed E-state index contributed by atoms with van der Waals surface area (Å²) in [6.07, 6.45) is 5.03. The van der Waals surface area contributed by atoms with Crippen LogP contribution in [0.15, 0.2) is 30.5 Å². The van der Waals surface area contributed by atoms with Gasteiger partial charge in [0.2, 0.25) is 35.4 Å². The second kappa shape index (κ2) is 20.8. The number of para-hydroxylation sites is 1. The van der Waals surface area contributed by atoms with Gasteiger partial charge in [0.25, 0.3) is 0 Å². The number of carbonyl (C=O) groups excluding carboxylic acids is 6. The fourth-order valence-corrected chi connectivity index (χ4v) is 6.98. The standard InChI is InChI=1S/C38H55N7O10/c1-21(2)16-31(36(52)44-30(38(54)55)18-24-20-40-26-13-9-8-12-25(24)26)45(4)37(53)29(19-33(48)49)43-35(51)28(17-23-10-6-5-7-11-23)42-34(50)27(41-22(3)46)14-15-32(39)47/h8-9,12-13,20-21,23,27-31,40H,5-7,10-11,14-19H2,1-4H3,(H2,39,47)(H,41,46)(H,42,50)(H,43,51)(H,44,52)(H,48,49)(H,54,55)/t27-,28-,29-,30?,31-/m0/s1. The van der Waals surface area contributed by atoms with Gasteiger partial charge in [0.15, 0.2) is 0 Å². The van der Waals surface area contributed by atoms with Crippen molar-refractivity contribution in [3.63, 3.8) is 0 Å². The van der Waals surface area contributed by atoms with Gasteiger partial charge in [-0.15, -0.1) is 0 Å². The highest BCUT2D eigenvalue weighted by molar-refractivity contribution is 5.97. The van der Waals surface area contributed by atoms with E-state index in [9.17, 15) is 48.6 Å². The van der Waals surface area contributed by atoms with Gasteiger partial charge in [-0.2, -0.15) is 0 Å². The first-order valence-corrected chi connectivity index (χ1v) is 18.7. The summed E-state index contributed by atoms with van der Waals surface area (Å²) in [6, 6.07) is 0.559. The number of aromatic nitrogens is 1. The number of likely N-dealkylation sites (N-methyl/N-ethyl adjacent to an activating group) is 1. The van der Waals surface area contributed by atoms with Gasteiger partial charge >= 0.3 is 11.9 Å². The molecule has 1 saturated carbocycles. The van der Waals surface area contributed by atoms with Crippen LogP contribution in [0, 0.1) is 11.8 Å². The largest absolute Gasteiger partial charge is 0.481 e. The van der Waals surface area contributed by atoms with Crippen LogP contribution in [0.1, 0.15) is 90.5 Å². The number of nitrogens with one attached hydrogen (secondary N) is 5. The number of fused-ring (bicyclic) bond motifs is 1. The maximum absolute atomic E-state index is 14.0. The molecule has 0 radical (unpaired) electrons. The number of benzene rings is 1. The number of hydrogen-bond donors (Lipinski definition) is 8. The predicted octanol–water partition coefficient (Wildman–Crippen LogP) is 1.34. The Morgan fingerprint density at radius 1 is 0.855 bits per heavy atom. The molecule has 6 amide bonds. The summed E-state index contributed by atoms with van der Waals surface area (Å²) in [4.78, 5) is 107. The topological polar surface area (TPSA) is 270 Å². The van der Waals surface area contributed by atoms with Crippen molar-refractivity contribution in [2.45, 2.75) is 122 Å². The van der Waals surface area contributed by atoms with Crippen LogP contribution >= 0.6 is 0 Å². The molecule has 0 spiro atoms. The van der Waals surface area contributed by atoms with Crippen molar-refractivity contribution in [3.05, 3.63) is 36.0 Å². The van der Waals surface area contributed by atoms with Gasteiger partial charge in [-0.1, -0.05) is 64.2 Å². The number of primary amides is 1. The number of H-pyrrole nitrogens is 1. The Balaban J connectivity index is 1.85. The molecule has 9 N–H and O–H groups in total. The molecule has 17 nitrogen and oxygen atoms in total. The quantitative estimate of drug-likeness (QED) is 0.0903. The number of nitrogens with zero attached hydrogens (tertiary/aromatic N) is 1. The summed E-state index contributed by atoms with van der Waals surface area (Å²) in [5.41, 5.74) is 6.70. The van der Waals surface area contributed by atoms with Gasteiger partial charge in [0.1, 0.15) is 30.2 Å². The highest BCUT2D eigenvalue weighted by Gasteiger charge is 2.37. The molecule has 1 aromatic heterocycles. The van der Waals surface area contributed by atoms with Gasteiger partial charge < -0.3 is 47.1 Å². The highest BCUT2D eigenvalue weighted by atomic mass is 16.4. The van der Waals surface area contributed by atoms with Crippen molar-refractivity contribution in [2.75, 3.05) is 7.05 Å². The van der Waals surface area contributed by atoms with E-state index < -0.39 is 84.0 Å². The summed E-state index contributed by atoms with van der Waals surface area (Å²) >= 11 is 0. The van der Waals surface area contributed by atoms with Crippen molar-refractivity contribution in [3.8, 4) is 0 Å². The number of carboxylic acid groups (broad SMARTS) is 2. The van der Waals surface area contributed by atoms with Crippen molar-refractivity contribution >= 4 is 58.3 Å². The van der Waals surface area contributed by atoms with Crippen molar-refractivity contribution in [2.24, 2.45) is 17.6 Å². The van der Waals surface area contributed by atoms with Gasteiger partial charge in [-0.05, 0) is 42.7 Å². The number of aliphatic carboxylic acids is 2. The molecular formula is C38H55N7O10. The molecule has 1 aliphatic rings. The van der Waals surface area contributed by atoms with Crippen molar-refractivity contribution in [1.82, 2.24) is 31.2 Å². The van der Waals surface area contributed by atoms with Crippen LogP contribution < -0.4 is 27.0 Å². The summed E-state index contributed by atoms with van der Waals surface area (Å²) in [6.45, 7) is 4.78. The second-order valence-corrected chi connectivity index (χ2v) is 14.8. The van der Waals surface area contributed by atoms with E-state index in [-0.39, 0.29) is 43.9 Å². The molecule has 1 aromatic carbocycles. The Bertz CT molecular complexity index is 1700. The molecule has 3 rings (SSSR count). The molecule has 302 valence electrons. The molecule has 55 heavy (non-hydrogen) atoms. The lowest BCUT2D eigenvalue weighted by atomic mass is 9.84. The van der Waals surface area contributed by atoms with E-state index in [1.165, 1.54) is 14.0 Å². The van der Waals surface area contributed by atoms with Gasteiger partial charge in [0, 0.05) is 43.9 Å². The third-order valence-corrected chi connectivity index (χ3v) is 9.82. The molecule has 0 bridgehead atoms. The monoisotopic (exact) mass is 769 g/mol. The minimum atomic E-state index is -1.68. The Morgan fingerprint density at radius 3 is 2.07 bits per heavy atom. The lowest BCUT2D eigenvalue weighted by Gasteiger charge is -2.33. The second-order valence-electron chi connectivity index (χ2n) is 14.8. The van der Waals surface area contributed by atoms with Crippen LogP contribution in [-0.2, 0) is 44.8 Å². The Kier molecular flexibility index (Phi) is 16.6. The lowest BCUT2D eigenvalue weighted by Crippen LogP contribution is -2.59. The fourth-order valence-electron chi connectivity index (χ4n) is 6.98. The number of nitrogens with two attached hydrogens (primary N) is 1. The van der Waals surface area contributed by atoms with Crippen molar-refractivity contribution < 1.29 is 48.6 Å². The van der Waals surface area contributed by atoms with Gasteiger partial charge in [-0.3, -0.25) is 33.6 Å². The number of rotatable bonds is 21. The molecule has 1 aliphatic carbocycles. The van der Waals surface area contributed by atoms with E-state index >= 15 is 0 Å². The number of amides is 6. The average Bonchev–Trinajstić information content (AvgIpc) is 3.53. The SMILES string of the molecule is CC(=O)N[C@@H](CCC(N)=O)C(=O)N[C@@H](CC1CCCCC1)C(=O)N[C@@H](CC(=O)O)C(=O)N(C)[C@@H](CC(C)C)C(=O)NC(Cc1c[nH]c2ccccc12)C(=O)O. The van der Waals surface area contributed by atoms with Crippen LogP contribution in [0.5, 0.6) is 0 Å². The maximum atomic E-state index is 14.0. The van der Waals surface area contributed by atoms with Gasteiger partial charge in [-0.25, -0.2) is 4.79 Å². The first-order valence-electron chi connectivity index (χ1n) is 18.7. The Hall–Kier alpha value is -5.48. The van der Waals surface area contributed by atoms with Crippen LogP contribution in [0.3, 0.4) is 0 Å². The van der Waals surface area contributed by atoms with Crippen LogP contribution in [-0.4, -0.2) is 105 Å². The zero-order valence-electron chi connectivity index (χ0n) is 31.9. The zero-order chi connectivity index (χ0) is 40.8. The van der Waals surface area contributed by atoms with E-state index in [0.717, 1.165) is 47.9 Å².